The van der Waals surface area contributed by atoms with Gasteiger partial charge in [-0.1, -0.05) is 6.92 Å². The summed E-state index contributed by atoms with van der Waals surface area (Å²) in [4.78, 5) is 4.38. The molecule has 22 heavy (non-hydrogen) atoms. The zero-order chi connectivity index (χ0) is 15.7. The lowest BCUT2D eigenvalue weighted by atomic mass is 10.2. The molecule has 0 bridgehead atoms. The van der Waals surface area contributed by atoms with Crippen molar-refractivity contribution in [2.24, 2.45) is 0 Å². The van der Waals surface area contributed by atoms with Crippen molar-refractivity contribution in [3.8, 4) is 0 Å². The van der Waals surface area contributed by atoms with Crippen LogP contribution in [0.4, 0.5) is 13.2 Å². The fraction of sp³-hybridized carbons (Fsp3) is 0.312. The van der Waals surface area contributed by atoms with Crippen LogP contribution in [0.1, 0.15) is 30.5 Å². The molecule has 1 aromatic carbocycles. The molecule has 0 aliphatic carbocycles. The van der Waals surface area contributed by atoms with Gasteiger partial charge in [0.05, 0.1) is 29.4 Å². The summed E-state index contributed by atoms with van der Waals surface area (Å²) in [5.74, 6) is 1.52. The molecule has 2 heterocycles. The monoisotopic (exact) mass is 308 g/mol. The van der Waals surface area contributed by atoms with Gasteiger partial charge in [-0.2, -0.15) is 13.2 Å². The Kier molecular flexibility index (Phi) is 3.68. The number of halogens is 3. The number of hydrogen-bond acceptors (Lipinski definition) is 2. The van der Waals surface area contributed by atoms with Crippen molar-refractivity contribution in [3.05, 3.63) is 53.7 Å². The van der Waals surface area contributed by atoms with E-state index in [4.69, 9.17) is 4.42 Å². The SMILES string of the molecule is CCCc1nc2cc(C(F)(F)F)ccc2n1Cc1ccco1. The van der Waals surface area contributed by atoms with E-state index in [0.717, 1.165) is 30.1 Å². The molecule has 0 aliphatic heterocycles. The molecule has 2 aromatic heterocycles. The third-order valence-corrected chi connectivity index (χ3v) is 3.52. The predicted molar refractivity (Wildman–Crippen MR) is 76.5 cm³/mol. The van der Waals surface area contributed by atoms with Crippen LogP contribution in [-0.4, -0.2) is 9.55 Å². The third-order valence-electron chi connectivity index (χ3n) is 3.52. The summed E-state index contributed by atoms with van der Waals surface area (Å²) in [7, 11) is 0. The summed E-state index contributed by atoms with van der Waals surface area (Å²) in [6.45, 7) is 2.47. The van der Waals surface area contributed by atoms with E-state index in [2.05, 4.69) is 4.98 Å². The van der Waals surface area contributed by atoms with Crippen LogP contribution in [-0.2, 0) is 19.1 Å². The maximum atomic E-state index is 12.8. The number of fused-ring (bicyclic) bond motifs is 1. The molecule has 0 unspecified atom stereocenters. The molecule has 0 N–H and O–H groups in total. The number of hydrogen-bond donors (Lipinski definition) is 0. The number of benzene rings is 1. The smallest absolute Gasteiger partial charge is 0.416 e. The fourth-order valence-corrected chi connectivity index (χ4v) is 2.51. The van der Waals surface area contributed by atoms with Gasteiger partial charge in [-0.15, -0.1) is 0 Å². The number of aromatic nitrogens is 2. The minimum Gasteiger partial charge on any atom is -0.467 e. The Hall–Kier alpha value is -2.24. The zero-order valence-electron chi connectivity index (χ0n) is 12.0. The normalized spacial score (nSPS) is 12.2. The molecular formula is C16H15F3N2O. The molecule has 116 valence electrons. The Morgan fingerprint density at radius 2 is 2.05 bits per heavy atom. The highest BCUT2D eigenvalue weighted by molar-refractivity contribution is 5.77. The minimum atomic E-state index is -4.36. The second-order valence-corrected chi connectivity index (χ2v) is 5.14. The van der Waals surface area contributed by atoms with Crippen LogP contribution < -0.4 is 0 Å². The molecule has 3 rings (SSSR count). The first-order chi connectivity index (χ1) is 10.5. The Balaban J connectivity index is 2.10. The highest BCUT2D eigenvalue weighted by Crippen LogP contribution is 2.31. The van der Waals surface area contributed by atoms with E-state index in [1.807, 2.05) is 17.6 Å². The molecule has 0 saturated heterocycles. The van der Waals surface area contributed by atoms with Gasteiger partial charge < -0.3 is 8.98 Å². The van der Waals surface area contributed by atoms with Crippen LogP contribution in [0, 0.1) is 0 Å². The maximum Gasteiger partial charge on any atom is 0.416 e. The minimum absolute atomic E-state index is 0.366. The van der Waals surface area contributed by atoms with E-state index < -0.39 is 11.7 Å². The molecule has 0 saturated carbocycles. The van der Waals surface area contributed by atoms with Gasteiger partial charge in [0.1, 0.15) is 11.6 Å². The number of alkyl halides is 3. The Bertz CT molecular complexity index is 773. The van der Waals surface area contributed by atoms with Crippen LogP contribution in [0.3, 0.4) is 0 Å². The van der Waals surface area contributed by atoms with Gasteiger partial charge in [-0.3, -0.25) is 0 Å². The van der Waals surface area contributed by atoms with Gasteiger partial charge >= 0.3 is 6.18 Å². The quantitative estimate of drug-likeness (QED) is 0.702. The molecular weight excluding hydrogens is 293 g/mol. The molecule has 0 spiro atoms. The molecule has 0 atom stereocenters. The Morgan fingerprint density at radius 3 is 2.68 bits per heavy atom. The largest absolute Gasteiger partial charge is 0.467 e. The molecule has 3 nitrogen and oxygen atoms in total. The van der Waals surface area contributed by atoms with Crippen molar-refractivity contribution in [1.29, 1.82) is 0 Å². The highest BCUT2D eigenvalue weighted by Gasteiger charge is 2.31. The van der Waals surface area contributed by atoms with E-state index in [-0.39, 0.29) is 0 Å². The lowest BCUT2D eigenvalue weighted by molar-refractivity contribution is -0.137. The van der Waals surface area contributed by atoms with Gasteiger partial charge in [0, 0.05) is 6.42 Å². The van der Waals surface area contributed by atoms with Crippen molar-refractivity contribution in [1.82, 2.24) is 9.55 Å². The number of rotatable bonds is 4. The number of imidazole rings is 1. The Morgan fingerprint density at radius 1 is 1.23 bits per heavy atom. The second-order valence-electron chi connectivity index (χ2n) is 5.14. The first kappa shape index (κ1) is 14.7. The maximum absolute atomic E-state index is 12.8. The zero-order valence-corrected chi connectivity index (χ0v) is 12.0. The van der Waals surface area contributed by atoms with Crippen LogP contribution in [0.15, 0.2) is 41.0 Å². The van der Waals surface area contributed by atoms with E-state index in [1.54, 1.807) is 12.3 Å². The number of nitrogens with zero attached hydrogens (tertiary/aromatic N) is 2. The summed E-state index contributed by atoms with van der Waals surface area (Å²) in [5, 5.41) is 0. The molecule has 3 aromatic rings. The van der Waals surface area contributed by atoms with Gasteiger partial charge in [0.15, 0.2) is 0 Å². The van der Waals surface area contributed by atoms with Crippen molar-refractivity contribution in [2.45, 2.75) is 32.5 Å². The van der Waals surface area contributed by atoms with Crippen molar-refractivity contribution in [3.63, 3.8) is 0 Å². The summed E-state index contributed by atoms with van der Waals surface area (Å²) in [6.07, 6.45) is -1.20. The van der Waals surface area contributed by atoms with Crippen LogP contribution in [0.2, 0.25) is 0 Å². The van der Waals surface area contributed by atoms with Gasteiger partial charge in [-0.25, -0.2) is 4.98 Å². The summed E-state index contributed by atoms with van der Waals surface area (Å²) in [5.41, 5.74) is 0.378. The van der Waals surface area contributed by atoms with Gasteiger partial charge in [0.2, 0.25) is 0 Å². The van der Waals surface area contributed by atoms with Gasteiger partial charge in [0.25, 0.3) is 0 Å². The average molecular weight is 308 g/mol. The average Bonchev–Trinajstić information content (AvgIpc) is 3.07. The molecule has 0 radical (unpaired) electrons. The number of furan rings is 1. The van der Waals surface area contributed by atoms with Crippen molar-refractivity contribution in [2.75, 3.05) is 0 Å². The lowest BCUT2D eigenvalue weighted by Gasteiger charge is -2.08. The second kappa shape index (κ2) is 5.51. The fourth-order valence-electron chi connectivity index (χ4n) is 2.51. The first-order valence-corrected chi connectivity index (χ1v) is 7.08. The van der Waals surface area contributed by atoms with Gasteiger partial charge in [-0.05, 0) is 36.8 Å². The van der Waals surface area contributed by atoms with Crippen LogP contribution >= 0.6 is 0 Å². The lowest BCUT2D eigenvalue weighted by Crippen LogP contribution is -2.05. The molecule has 0 fully saturated rings. The van der Waals surface area contributed by atoms with E-state index in [0.29, 0.717) is 24.0 Å². The van der Waals surface area contributed by atoms with E-state index in [1.165, 1.54) is 6.07 Å². The topological polar surface area (TPSA) is 31.0 Å². The molecule has 6 heteroatoms. The Labute approximate surface area is 125 Å². The van der Waals surface area contributed by atoms with Crippen LogP contribution in [0.25, 0.3) is 11.0 Å². The van der Waals surface area contributed by atoms with E-state index >= 15 is 0 Å². The standard InChI is InChI=1S/C16H15F3N2O/c1-2-4-15-20-13-9-11(16(17,18)19)6-7-14(13)21(15)10-12-5-3-8-22-12/h3,5-9H,2,4,10H2,1H3. The highest BCUT2D eigenvalue weighted by atomic mass is 19.4. The van der Waals surface area contributed by atoms with Crippen molar-refractivity contribution < 1.29 is 17.6 Å². The van der Waals surface area contributed by atoms with Crippen LogP contribution in [0.5, 0.6) is 0 Å². The number of aryl methyl sites for hydroxylation is 1. The summed E-state index contributed by atoms with van der Waals surface area (Å²) >= 11 is 0. The summed E-state index contributed by atoms with van der Waals surface area (Å²) in [6, 6.07) is 7.31. The third kappa shape index (κ3) is 2.73. The first-order valence-electron chi connectivity index (χ1n) is 7.08. The molecule has 0 aliphatic rings. The summed E-state index contributed by atoms with van der Waals surface area (Å²) < 4.78 is 45.7. The van der Waals surface area contributed by atoms with Crippen molar-refractivity contribution >= 4 is 11.0 Å². The predicted octanol–water partition coefficient (Wildman–Crippen LogP) is 4.65. The van der Waals surface area contributed by atoms with E-state index in [9.17, 15) is 13.2 Å². The molecule has 0 amide bonds.